The van der Waals surface area contributed by atoms with Crippen LogP contribution in [0.2, 0.25) is 0 Å². The topological polar surface area (TPSA) is 26.0 Å². The first-order valence-electron chi connectivity index (χ1n) is 2.63. The molecule has 0 radical (unpaired) electrons. The van der Waals surface area contributed by atoms with Crippen molar-refractivity contribution in [1.82, 2.24) is 0 Å². The van der Waals surface area contributed by atoms with Crippen LogP contribution in [-0.4, -0.2) is 6.04 Å². The van der Waals surface area contributed by atoms with Crippen LogP contribution < -0.4 is 5.73 Å². The Kier molecular flexibility index (Phi) is 0.327. The third kappa shape index (κ3) is 0.178. The highest BCUT2D eigenvalue weighted by atomic mass is 14.8. The summed E-state index contributed by atoms with van der Waals surface area (Å²) in [6.07, 6.45) is 2.77. The monoisotopic (exact) mass is 83.1 g/mol. The van der Waals surface area contributed by atoms with Gasteiger partial charge in [0, 0.05) is 6.04 Å². The first-order valence-corrected chi connectivity index (χ1v) is 2.63. The molecule has 1 heteroatoms. The summed E-state index contributed by atoms with van der Waals surface area (Å²) in [5.41, 5.74) is 5.56. The van der Waals surface area contributed by atoms with Crippen LogP contribution >= 0.6 is 0 Å². The quantitative estimate of drug-likeness (QED) is 0.449. The second-order valence-corrected chi connectivity index (χ2v) is 2.56. The minimum Gasteiger partial charge on any atom is -0.327 e. The number of rotatable bonds is 0. The van der Waals surface area contributed by atoms with E-state index in [9.17, 15) is 0 Å². The van der Waals surface area contributed by atoms with Gasteiger partial charge in [0.05, 0.1) is 0 Å². The van der Waals surface area contributed by atoms with Gasteiger partial charge in [-0.15, -0.1) is 0 Å². The number of hydrogen-bond acceptors (Lipinski definition) is 1. The highest BCUT2D eigenvalue weighted by molar-refractivity contribution is 5.04. The van der Waals surface area contributed by atoms with Crippen LogP contribution in [0.3, 0.4) is 0 Å². The van der Waals surface area contributed by atoms with Crippen LogP contribution in [0.1, 0.15) is 12.8 Å². The van der Waals surface area contributed by atoms with Crippen molar-refractivity contribution >= 4 is 0 Å². The summed E-state index contributed by atoms with van der Waals surface area (Å²) >= 11 is 0. The zero-order valence-electron chi connectivity index (χ0n) is 3.72. The zero-order chi connectivity index (χ0) is 4.15. The van der Waals surface area contributed by atoms with Crippen molar-refractivity contribution in [1.29, 1.82) is 0 Å². The van der Waals surface area contributed by atoms with Gasteiger partial charge in [0.15, 0.2) is 0 Å². The molecule has 2 fully saturated rings. The van der Waals surface area contributed by atoms with Gasteiger partial charge in [-0.1, -0.05) is 0 Å². The van der Waals surface area contributed by atoms with E-state index in [1.165, 1.54) is 12.8 Å². The van der Waals surface area contributed by atoms with E-state index < -0.39 is 0 Å². The van der Waals surface area contributed by atoms with Crippen molar-refractivity contribution in [3.05, 3.63) is 0 Å². The molecule has 3 unspecified atom stereocenters. The summed E-state index contributed by atoms with van der Waals surface area (Å²) in [4.78, 5) is 0. The first kappa shape index (κ1) is 3.03. The van der Waals surface area contributed by atoms with Crippen LogP contribution in [0, 0.1) is 11.8 Å². The molecule has 2 aliphatic carbocycles. The van der Waals surface area contributed by atoms with Crippen molar-refractivity contribution in [3.8, 4) is 0 Å². The molecule has 0 aromatic heterocycles. The molecule has 0 saturated heterocycles. The SMILES string of the molecule is NC1CC2CC12. The Morgan fingerprint density at radius 3 is 2.17 bits per heavy atom. The summed E-state index contributed by atoms with van der Waals surface area (Å²) in [5, 5.41) is 0. The third-order valence-corrected chi connectivity index (χ3v) is 2.10. The fourth-order valence-electron chi connectivity index (χ4n) is 1.39. The normalized spacial score (nSPS) is 62.5. The van der Waals surface area contributed by atoms with Crippen LogP contribution in [0.15, 0.2) is 0 Å². The maximum atomic E-state index is 5.56. The zero-order valence-corrected chi connectivity index (χ0v) is 3.72. The molecule has 0 aromatic rings. The van der Waals surface area contributed by atoms with Gasteiger partial charge in [0.1, 0.15) is 0 Å². The predicted octanol–water partition coefficient (Wildman–Crippen LogP) is 0.353. The van der Waals surface area contributed by atoms with Crippen molar-refractivity contribution in [3.63, 3.8) is 0 Å². The lowest BCUT2D eigenvalue weighted by atomic mass is 9.95. The van der Waals surface area contributed by atoms with Gasteiger partial charge in [-0.2, -0.15) is 0 Å². The largest absolute Gasteiger partial charge is 0.327 e. The second-order valence-electron chi connectivity index (χ2n) is 2.56. The van der Waals surface area contributed by atoms with Gasteiger partial charge >= 0.3 is 0 Å². The minimum atomic E-state index is 0.606. The molecule has 0 spiro atoms. The van der Waals surface area contributed by atoms with Gasteiger partial charge in [0.2, 0.25) is 0 Å². The molecule has 2 N–H and O–H groups in total. The molecule has 2 aliphatic rings. The lowest BCUT2D eigenvalue weighted by Crippen LogP contribution is -2.31. The molecule has 6 heavy (non-hydrogen) atoms. The highest BCUT2D eigenvalue weighted by Gasteiger charge is 2.51. The average Bonchev–Trinajstić information content (AvgIpc) is 2.12. The van der Waals surface area contributed by atoms with Crippen LogP contribution in [0.5, 0.6) is 0 Å². The molecular weight excluding hydrogens is 74.1 g/mol. The van der Waals surface area contributed by atoms with E-state index in [2.05, 4.69) is 0 Å². The number of nitrogens with two attached hydrogens (primary N) is 1. The average molecular weight is 83.1 g/mol. The Morgan fingerprint density at radius 2 is 2.17 bits per heavy atom. The summed E-state index contributed by atoms with van der Waals surface area (Å²) in [5.74, 6) is 2.06. The lowest BCUT2D eigenvalue weighted by molar-refractivity contribution is 0.387. The summed E-state index contributed by atoms with van der Waals surface area (Å²) in [6.45, 7) is 0. The molecule has 0 aliphatic heterocycles. The van der Waals surface area contributed by atoms with E-state index >= 15 is 0 Å². The molecule has 3 atom stereocenters. The molecule has 0 bridgehead atoms. The predicted molar refractivity (Wildman–Crippen MR) is 24.2 cm³/mol. The summed E-state index contributed by atoms with van der Waals surface area (Å²) in [6, 6.07) is 0.606. The van der Waals surface area contributed by atoms with Gasteiger partial charge < -0.3 is 5.73 Å². The summed E-state index contributed by atoms with van der Waals surface area (Å²) < 4.78 is 0. The molecule has 0 amide bonds. The molecule has 0 aromatic carbocycles. The van der Waals surface area contributed by atoms with E-state index in [0.29, 0.717) is 6.04 Å². The molecule has 0 heterocycles. The van der Waals surface area contributed by atoms with E-state index in [1.54, 1.807) is 0 Å². The Hall–Kier alpha value is -0.0400. The molecule has 34 valence electrons. The highest BCUT2D eigenvalue weighted by Crippen LogP contribution is 2.54. The minimum absolute atomic E-state index is 0.606. The second kappa shape index (κ2) is 0.648. The van der Waals surface area contributed by atoms with Crippen molar-refractivity contribution in [2.75, 3.05) is 0 Å². The Labute approximate surface area is 37.5 Å². The number of fused-ring (bicyclic) bond motifs is 1. The van der Waals surface area contributed by atoms with Crippen LogP contribution in [-0.2, 0) is 0 Å². The molecule has 2 saturated carbocycles. The van der Waals surface area contributed by atoms with E-state index in [1.807, 2.05) is 0 Å². The lowest BCUT2D eigenvalue weighted by Gasteiger charge is -2.18. The molecule has 1 nitrogen and oxygen atoms in total. The van der Waals surface area contributed by atoms with Gasteiger partial charge in [-0.3, -0.25) is 0 Å². The molecule has 2 rings (SSSR count). The first-order chi connectivity index (χ1) is 2.88. The fourth-order valence-corrected chi connectivity index (χ4v) is 1.39. The van der Waals surface area contributed by atoms with E-state index in [-0.39, 0.29) is 0 Å². The maximum absolute atomic E-state index is 5.56. The van der Waals surface area contributed by atoms with Crippen molar-refractivity contribution < 1.29 is 0 Å². The van der Waals surface area contributed by atoms with Crippen LogP contribution in [0.25, 0.3) is 0 Å². The molecular formula is C5H9N. The van der Waals surface area contributed by atoms with E-state index in [0.717, 1.165) is 11.8 Å². The third-order valence-electron chi connectivity index (χ3n) is 2.10. The van der Waals surface area contributed by atoms with Crippen molar-refractivity contribution in [2.24, 2.45) is 17.6 Å². The van der Waals surface area contributed by atoms with Gasteiger partial charge in [-0.05, 0) is 24.7 Å². The smallest absolute Gasteiger partial charge is 0.00726 e. The van der Waals surface area contributed by atoms with Crippen LogP contribution in [0.4, 0.5) is 0 Å². The Morgan fingerprint density at radius 1 is 1.33 bits per heavy atom. The standard InChI is InChI=1S/C5H9N/c6-5-2-3-1-4(3)5/h3-5H,1-2,6H2. The summed E-state index contributed by atoms with van der Waals surface area (Å²) in [7, 11) is 0. The van der Waals surface area contributed by atoms with Gasteiger partial charge in [-0.25, -0.2) is 0 Å². The van der Waals surface area contributed by atoms with E-state index in [4.69, 9.17) is 5.73 Å². The van der Waals surface area contributed by atoms with Crippen molar-refractivity contribution in [2.45, 2.75) is 18.9 Å². The Balaban J connectivity index is 2.08. The maximum Gasteiger partial charge on any atom is 0.00726 e. The fraction of sp³-hybridized carbons (Fsp3) is 1.00. The Bertz CT molecular complexity index is 80.0. The van der Waals surface area contributed by atoms with Gasteiger partial charge in [0.25, 0.3) is 0 Å². The number of hydrogen-bond donors (Lipinski definition) is 1.